The van der Waals surface area contributed by atoms with Crippen LogP contribution in [0.1, 0.15) is 5.69 Å². The summed E-state index contributed by atoms with van der Waals surface area (Å²) >= 11 is 2.22. The Labute approximate surface area is 67.8 Å². The summed E-state index contributed by atoms with van der Waals surface area (Å²) in [4.78, 5) is 0. The summed E-state index contributed by atoms with van der Waals surface area (Å²) in [5, 5.41) is 12.6. The van der Waals surface area contributed by atoms with Gasteiger partial charge in [-0.25, -0.2) is 4.45 Å². The Morgan fingerprint density at radius 2 is 2.67 bits per heavy atom. The van der Waals surface area contributed by atoms with Crippen LogP contribution in [0.3, 0.4) is 0 Å². The maximum absolute atomic E-state index is 8.68. The van der Waals surface area contributed by atoms with E-state index < -0.39 is 0 Å². The molecule has 0 fully saturated rings. The minimum Gasteiger partial charge on any atom is -0.390 e. The third-order valence-corrected chi connectivity index (χ3v) is 2.90. The lowest BCUT2D eigenvalue weighted by molar-refractivity contribution is 0.275. The van der Waals surface area contributed by atoms with E-state index in [1.807, 2.05) is 6.07 Å². The molecule has 0 aliphatic carbocycles. The van der Waals surface area contributed by atoms with E-state index in [1.165, 1.54) is 0 Å². The zero-order chi connectivity index (χ0) is 6.69. The first-order valence-electron chi connectivity index (χ1n) is 2.39. The second-order valence-corrected chi connectivity index (χ2v) is 3.52. The van der Waals surface area contributed by atoms with Gasteiger partial charge in [-0.15, -0.1) is 0 Å². The van der Waals surface area contributed by atoms with Crippen molar-refractivity contribution in [1.82, 2.24) is 9.55 Å². The molecular formula is C4H6IN2OP. The minimum atomic E-state index is 0.0794. The molecule has 1 aromatic rings. The highest BCUT2D eigenvalue weighted by atomic mass is 127. The third kappa shape index (κ3) is 1.63. The lowest BCUT2D eigenvalue weighted by atomic mass is 10.5. The fraction of sp³-hybridized carbons (Fsp3) is 0.250. The Morgan fingerprint density at radius 3 is 3.11 bits per heavy atom. The molecule has 0 saturated heterocycles. The number of aliphatic hydroxyl groups is 1. The summed E-state index contributed by atoms with van der Waals surface area (Å²) < 4.78 is 1.78. The van der Waals surface area contributed by atoms with Crippen molar-refractivity contribution < 1.29 is 5.11 Å². The lowest BCUT2D eigenvalue weighted by Crippen LogP contribution is -1.91. The van der Waals surface area contributed by atoms with Crippen LogP contribution >= 0.6 is 28.4 Å². The molecule has 1 N–H and O–H groups in total. The summed E-state index contributed by atoms with van der Waals surface area (Å²) in [5.74, 6) is 0. The van der Waals surface area contributed by atoms with Gasteiger partial charge in [-0.1, -0.05) is 0 Å². The molecule has 0 amide bonds. The molecule has 1 rings (SSSR count). The van der Waals surface area contributed by atoms with Gasteiger partial charge in [0.15, 0.2) is 0 Å². The highest BCUT2D eigenvalue weighted by Crippen LogP contribution is 2.23. The number of halogens is 1. The van der Waals surface area contributed by atoms with Gasteiger partial charge in [0.2, 0.25) is 0 Å². The number of nitrogens with zero attached hydrogens (tertiary/aromatic N) is 2. The van der Waals surface area contributed by atoms with Crippen molar-refractivity contribution in [3.05, 3.63) is 18.0 Å². The fourth-order valence-electron chi connectivity index (χ4n) is 0.527. The summed E-state index contributed by atoms with van der Waals surface area (Å²) in [6, 6.07) is 1.81. The van der Waals surface area contributed by atoms with Gasteiger partial charge < -0.3 is 5.11 Å². The van der Waals surface area contributed by atoms with E-state index in [-0.39, 0.29) is 6.61 Å². The fourth-order valence-corrected chi connectivity index (χ4v) is 2.19. The van der Waals surface area contributed by atoms with Gasteiger partial charge in [0, 0.05) is 6.20 Å². The predicted octanol–water partition coefficient (Wildman–Crippen LogP) is 1.17. The Balaban J connectivity index is 2.85. The van der Waals surface area contributed by atoms with Crippen LogP contribution in [0.25, 0.3) is 0 Å². The highest BCUT2D eigenvalue weighted by Gasteiger charge is 1.96. The highest BCUT2D eigenvalue weighted by molar-refractivity contribution is 14.2. The third-order valence-electron chi connectivity index (χ3n) is 0.963. The van der Waals surface area contributed by atoms with Crippen molar-refractivity contribution in [3.8, 4) is 0 Å². The summed E-state index contributed by atoms with van der Waals surface area (Å²) in [6.45, 7) is 0.0794. The van der Waals surface area contributed by atoms with Crippen LogP contribution in [0.5, 0.6) is 0 Å². The Morgan fingerprint density at radius 1 is 1.89 bits per heavy atom. The predicted molar refractivity (Wildman–Crippen MR) is 45.9 cm³/mol. The average molecular weight is 256 g/mol. The van der Waals surface area contributed by atoms with E-state index in [2.05, 4.69) is 27.1 Å². The first kappa shape index (κ1) is 7.44. The maximum atomic E-state index is 8.68. The molecule has 0 radical (unpaired) electrons. The topological polar surface area (TPSA) is 38.1 Å². The molecule has 1 unspecified atom stereocenters. The van der Waals surface area contributed by atoms with Gasteiger partial charge in [-0.3, -0.25) is 0 Å². The van der Waals surface area contributed by atoms with Crippen LogP contribution in [0, 0.1) is 0 Å². The Kier molecular flexibility index (Phi) is 2.88. The van der Waals surface area contributed by atoms with Crippen molar-refractivity contribution in [2.75, 3.05) is 0 Å². The minimum absolute atomic E-state index is 0.0794. The normalized spacial score (nSPS) is 11.3. The number of hydrogen-bond acceptors (Lipinski definition) is 2. The monoisotopic (exact) mass is 256 g/mol. The molecule has 0 spiro atoms. The molecule has 0 bridgehead atoms. The van der Waals surface area contributed by atoms with Crippen LogP contribution in [-0.4, -0.2) is 14.7 Å². The van der Waals surface area contributed by atoms with Crippen LogP contribution in [0.4, 0.5) is 0 Å². The van der Waals surface area contributed by atoms with Crippen LogP contribution in [0.15, 0.2) is 12.3 Å². The van der Waals surface area contributed by atoms with Gasteiger partial charge in [-0.2, -0.15) is 5.10 Å². The second-order valence-electron chi connectivity index (χ2n) is 1.48. The van der Waals surface area contributed by atoms with Gasteiger partial charge in [0.25, 0.3) is 0 Å². The van der Waals surface area contributed by atoms with Crippen molar-refractivity contribution in [2.24, 2.45) is 0 Å². The zero-order valence-corrected chi connectivity index (χ0v) is 7.74. The van der Waals surface area contributed by atoms with E-state index in [9.17, 15) is 0 Å². The number of hydrogen-bond donors (Lipinski definition) is 1. The lowest BCUT2D eigenvalue weighted by Gasteiger charge is -1.96. The number of aromatic nitrogens is 2. The molecule has 0 aromatic carbocycles. The van der Waals surface area contributed by atoms with E-state index in [0.29, 0.717) is 6.37 Å². The molecule has 1 heterocycles. The smallest absolute Gasteiger partial charge is 0.0853 e. The Hall–Kier alpha value is 0.330. The Bertz CT molecular complexity index is 172. The van der Waals surface area contributed by atoms with Crippen LogP contribution in [-0.2, 0) is 6.61 Å². The molecule has 3 nitrogen and oxygen atoms in total. The first-order valence-corrected chi connectivity index (χ1v) is 6.45. The SMILES string of the molecule is OCc1ccnn1PI. The van der Waals surface area contributed by atoms with Gasteiger partial charge >= 0.3 is 0 Å². The van der Waals surface area contributed by atoms with Crippen molar-refractivity contribution in [1.29, 1.82) is 0 Å². The molecule has 0 aliphatic heterocycles. The van der Waals surface area contributed by atoms with Crippen molar-refractivity contribution in [2.45, 2.75) is 6.61 Å². The van der Waals surface area contributed by atoms with Crippen molar-refractivity contribution >= 4 is 28.4 Å². The maximum Gasteiger partial charge on any atom is 0.0853 e. The number of rotatable bonds is 2. The second kappa shape index (κ2) is 3.49. The summed E-state index contributed by atoms with van der Waals surface area (Å²) in [7, 11) is 0. The standard InChI is InChI=1S/C4H6IN2OP/c5-9-7-4(3-8)1-2-6-7/h1-2,8-9H,3H2. The molecule has 0 aliphatic rings. The van der Waals surface area contributed by atoms with E-state index >= 15 is 0 Å². The van der Waals surface area contributed by atoms with Crippen LogP contribution < -0.4 is 0 Å². The first-order chi connectivity index (χ1) is 4.38. The van der Waals surface area contributed by atoms with E-state index in [0.717, 1.165) is 5.69 Å². The summed E-state index contributed by atoms with van der Waals surface area (Å²) in [6.07, 6.45) is 2.27. The summed E-state index contributed by atoms with van der Waals surface area (Å²) in [5.41, 5.74) is 0.878. The van der Waals surface area contributed by atoms with Gasteiger partial charge in [-0.05, 0) is 28.1 Å². The van der Waals surface area contributed by atoms with E-state index in [4.69, 9.17) is 5.11 Å². The van der Waals surface area contributed by atoms with Gasteiger partial charge in [0.1, 0.15) is 0 Å². The molecule has 5 heteroatoms. The zero-order valence-electron chi connectivity index (χ0n) is 4.58. The number of aliphatic hydroxyl groups excluding tert-OH is 1. The molecule has 50 valence electrons. The van der Waals surface area contributed by atoms with E-state index in [1.54, 1.807) is 10.6 Å². The van der Waals surface area contributed by atoms with Crippen molar-refractivity contribution in [3.63, 3.8) is 0 Å². The average Bonchev–Trinajstić information content (AvgIpc) is 2.33. The van der Waals surface area contributed by atoms with Crippen LogP contribution in [0.2, 0.25) is 0 Å². The van der Waals surface area contributed by atoms with Gasteiger partial charge in [0.05, 0.1) is 18.7 Å². The largest absolute Gasteiger partial charge is 0.390 e. The molecule has 9 heavy (non-hydrogen) atoms. The molecule has 0 saturated carbocycles. The molecule has 1 aromatic heterocycles. The molecule has 1 atom stereocenters. The quantitative estimate of drug-likeness (QED) is 0.637. The molecular weight excluding hydrogens is 250 g/mol.